The molecule has 1 aliphatic rings. The number of likely N-dealkylation sites (N-methyl/N-ethyl adjacent to an activating group) is 2. The Balaban J connectivity index is 1.96. The van der Waals surface area contributed by atoms with E-state index in [1.54, 1.807) is 29.2 Å². The van der Waals surface area contributed by atoms with E-state index in [2.05, 4.69) is 11.9 Å². The normalized spacial score (nSPS) is 15.3. The van der Waals surface area contributed by atoms with E-state index in [-0.39, 0.29) is 11.7 Å². The summed E-state index contributed by atoms with van der Waals surface area (Å²) in [6.07, 6.45) is 5.16. The summed E-state index contributed by atoms with van der Waals surface area (Å²) in [5.41, 5.74) is 1.00. The Hall–Kier alpha value is -1.68. The van der Waals surface area contributed by atoms with E-state index >= 15 is 0 Å². The van der Waals surface area contributed by atoms with Gasteiger partial charge in [0, 0.05) is 31.7 Å². The molecular formula is C18H26N2O2. The second-order valence-corrected chi connectivity index (χ2v) is 6.25. The lowest BCUT2D eigenvalue weighted by molar-refractivity contribution is 0.0769. The van der Waals surface area contributed by atoms with Crippen LogP contribution in [0.3, 0.4) is 0 Å². The summed E-state index contributed by atoms with van der Waals surface area (Å²) in [5.74, 6) is -0.147. The van der Waals surface area contributed by atoms with Gasteiger partial charge < -0.3 is 9.80 Å². The van der Waals surface area contributed by atoms with Gasteiger partial charge in [0.15, 0.2) is 5.78 Å². The van der Waals surface area contributed by atoms with Gasteiger partial charge in [-0.2, -0.15) is 0 Å². The van der Waals surface area contributed by atoms with E-state index in [1.165, 1.54) is 32.6 Å². The third-order valence-electron chi connectivity index (χ3n) is 4.62. The number of hydrogen-bond donors (Lipinski definition) is 0. The number of amides is 1. The van der Waals surface area contributed by atoms with Crippen LogP contribution in [0.2, 0.25) is 0 Å². The Morgan fingerprint density at radius 1 is 1.05 bits per heavy atom. The Morgan fingerprint density at radius 2 is 1.64 bits per heavy atom. The minimum absolute atomic E-state index is 0.0691. The molecule has 0 unspecified atom stereocenters. The predicted molar refractivity (Wildman–Crippen MR) is 88.3 cm³/mol. The fourth-order valence-corrected chi connectivity index (χ4v) is 3.12. The van der Waals surface area contributed by atoms with Crippen LogP contribution in [0.4, 0.5) is 0 Å². The van der Waals surface area contributed by atoms with Crippen LogP contribution in [0.1, 0.15) is 53.3 Å². The largest absolute Gasteiger partial charge is 0.340 e. The molecule has 22 heavy (non-hydrogen) atoms. The Kier molecular flexibility index (Phi) is 5.72. The van der Waals surface area contributed by atoms with Crippen molar-refractivity contribution in [3.05, 3.63) is 35.4 Å². The van der Waals surface area contributed by atoms with Gasteiger partial charge in [-0.3, -0.25) is 9.59 Å². The van der Waals surface area contributed by atoms with Crippen LogP contribution in [0, 0.1) is 0 Å². The summed E-state index contributed by atoms with van der Waals surface area (Å²) in [6.45, 7) is 3.05. The van der Waals surface area contributed by atoms with Crippen molar-refractivity contribution in [3.63, 3.8) is 0 Å². The molecule has 0 heterocycles. The van der Waals surface area contributed by atoms with Gasteiger partial charge in [-0.25, -0.2) is 0 Å². The molecule has 1 aromatic carbocycles. The fourth-order valence-electron chi connectivity index (χ4n) is 3.12. The van der Waals surface area contributed by atoms with Crippen LogP contribution in [0.5, 0.6) is 0 Å². The van der Waals surface area contributed by atoms with Crippen LogP contribution in [0.25, 0.3) is 0 Å². The zero-order valence-corrected chi connectivity index (χ0v) is 13.8. The Bertz CT molecular complexity index is 536. The average molecular weight is 302 g/mol. The quantitative estimate of drug-likeness (QED) is 0.759. The van der Waals surface area contributed by atoms with Crippen molar-refractivity contribution in [1.29, 1.82) is 0 Å². The first-order valence-electron chi connectivity index (χ1n) is 8.06. The minimum Gasteiger partial charge on any atom is -0.340 e. The molecule has 2 rings (SSSR count). The molecule has 0 bridgehead atoms. The zero-order chi connectivity index (χ0) is 16.1. The number of hydrogen-bond acceptors (Lipinski definition) is 3. The number of ketones is 1. The van der Waals surface area contributed by atoms with Gasteiger partial charge in [-0.15, -0.1) is 0 Å². The molecule has 0 aromatic heterocycles. The van der Waals surface area contributed by atoms with Crippen molar-refractivity contribution < 1.29 is 9.59 Å². The molecule has 0 spiro atoms. The summed E-state index contributed by atoms with van der Waals surface area (Å²) in [4.78, 5) is 28.3. The van der Waals surface area contributed by atoms with Crippen LogP contribution < -0.4 is 0 Å². The van der Waals surface area contributed by atoms with Crippen LogP contribution in [0.15, 0.2) is 24.3 Å². The molecule has 0 saturated heterocycles. The maximum atomic E-state index is 12.6. The number of Topliss-reactive ketones (excluding diaryl/α,β-unsaturated/α-hetero) is 1. The molecule has 0 N–H and O–H groups in total. The summed E-state index contributed by atoms with van der Waals surface area (Å²) < 4.78 is 0. The molecule has 1 aromatic rings. The highest BCUT2D eigenvalue weighted by Crippen LogP contribution is 2.22. The van der Waals surface area contributed by atoms with E-state index in [9.17, 15) is 9.59 Å². The first kappa shape index (κ1) is 16.7. The van der Waals surface area contributed by atoms with Crippen molar-refractivity contribution >= 4 is 11.7 Å². The molecular weight excluding hydrogens is 276 g/mol. The Labute approximate surface area is 133 Å². The van der Waals surface area contributed by atoms with Gasteiger partial charge >= 0.3 is 0 Å². The number of rotatable bonds is 6. The highest BCUT2D eigenvalue weighted by Gasteiger charge is 2.21. The highest BCUT2D eigenvalue weighted by molar-refractivity contribution is 6.07. The second kappa shape index (κ2) is 7.54. The van der Waals surface area contributed by atoms with Crippen molar-refractivity contribution in [2.75, 3.05) is 27.2 Å². The van der Waals surface area contributed by atoms with Crippen LogP contribution >= 0.6 is 0 Å². The van der Waals surface area contributed by atoms with E-state index in [0.29, 0.717) is 23.7 Å². The molecule has 120 valence electrons. The lowest BCUT2D eigenvalue weighted by Crippen LogP contribution is -2.38. The number of nitrogens with zero attached hydrogens (tertiary/aromatic N) is 2. The molecule has 4 nitrogen and oxygen atoms in total. The van der Waals surface area contributed by atoms with E-state index in [1.807, 2.05) is 7.05 Å². The van der Waals surface area contributed by atoms with Gasteiger partial charge in [0.1, 0.15) is 0 Å². The summed E-state index contributed by atoms with van der Waals surface area (Å²) in [5, 5.41) is 0. The first-order chi connectivity index (χ1) is 10.5. The third kappa shape index (κ3) is 3.95. The lowest BCUT2D eigenvalue weighted by atomic mass is 10.0. The molecule has 0 radical (unpaired) electrons. The highest BCUT2D eigenvalue weighted by atomic mass is 16.2. The Morgan fingerprint density at radius 3 is 2.23 bits per heavy atom. The van der Waals surface area contributed by atoms with Gasteiger partial charge in [-0.1, -0.05) is 31.0 Å². The first-order valence-corrected chi connectivity index (χ1v) is 8.06. The van der Waals surface area contributed by atoms with Gasteiger partial charge in [0.25, 0.3) is 5.91 Å². The monoisotopic (exact) mass is 302 g/mol. The molecule has 1 fully saturated rings. The summed E-state index contributed by atoms with van der Waals surface area (Å²) in [6, 6.07) is 7.71. The van der Waals surface area contributed by atoms with Gasteiger partial charge in [0.2, 0.25) is 0 Å². The van der Waals surface area contributed by atoms with Crippen LogP contribution in [-0.2, 0) is 0 Å². The standard InChI is InChI=1S/C18H26N2O2/c1-14(21)16-10-6-7-11-17(16)18(22)20(3)13-12-19(2)15-8-4-5-9-15/h6-7,10-11,15H,4-5,8-9,12-13H2,1-3H3. The van der Waals surface area contributed by atoms with E-state index in [4.69, 9.17) is 0 Å². The number of benzene rings is 1. The lowest BCUT2D eigenvalue weighted by Gasteiger charge is -2.27. The topological polar surface area (TPSA) is 40.6 Å². The van der Waals surface area contributed by atoms with Crippen molar-refractivity contribution in [2.24, 2.45) is 0 Å². The molecule has 1 saturated carbocycles. The molecule has 0 aliphatic heterocycles. The van der Waals surface area contributed by atoms with Crippen molar-refractivity contribution in [2.45, 2.75) is 38.6 Å². The predicted octanol–water partition coefficient (Wildman–Crippen LogP) is 2.84. The maximum Gasteiger partial charge on any atom is 0.254 e. The van der Waals surface area contributed by atoms with E-state index in [0.717, 1.165) is 6.54 Å². The molecule has 0 atom stereocenters. The third-order valence-corrected chi connectivity index (χ3v) is 4.62. The minimum atomic E-state index is -0.0781. The fraction of sp³-hybridized carbons (Fsp3) is 0.556. The van der Waals surface area contributed by atoms with Crippen LogP contribution in [-0.4, -0.2) is 54.7 Å². The van der Waals surface area contributed by atoms with Crippen molar-refractivity contribution in [1.82, 2.24) is 9.80 Å². The number of carbonyl (C=O) groups is 2. The SMILES string of the molecule is CC(=O)c1ccccc1C(=O)N(C)CCN(C)C1CCCC1. The average Bonchev–Trinajstić information content (AvgIpc) is 3.06. The zero-order valence-electron chi connectivity index (χ0n) is 13.8. The molecule has 4 heteroatoms. The van der Waals surface area contributed by atoms with Gasteiger partial charge in [-0.05, 0) is 32.9 Å². The smallest absolute Gasteiger partial charge is 0.254 e. The maximum absolute atomic E-state index is 12.6. The van der Waals surface area contributed by atoms with Gasteiger partial charge in [0.05, 0.1) is 5.56 Å². The summed E-state index contributed by atoms with van der Waals surface area (Å²) in [7, 11) is 3.94. The summed E-state index contributed by atoms with van der Waals surface area (Å²) >= 11 is 0. The second-order valence-electron chi connectivity index (χ2n) is 6.25. The molecule has 1 amide bonds. The van der Waals surface area contributed by atoms with Crippen molar-refractivity contribution in [3.8, 4) is 0 Å². The number of carbonyl (C=O) groups excluding carboxylic acids is 2. The molecule has 1 aliphatic carbocycles. The van der Waals surface area contributed by atoms with E-state index < -0.39 is 0 Å².